The Balaban J connectivity index is 2.37. The van der Waals surface area contributed by atoms with Crippen LogP contribution in [0.3, 0.4) is 0 Å². The number of nitro benzene ring substituents is 1. The normalized spacial score (nSPS) is 11.2. The molecule has 0 heterocycles. The van der Waals surface area contributed by atoms with Gasteiger partial charge in [-0.3, -0.25) is 14.9 Å². The summed E-state index contributed by atoms with van der Waals surface area (Å²) in [5.74, 6) is -0.252. The zero-order valence-electron chi connectivity index (χ0n) is 12.9. The molecular formula is C16H12ClF3N2O3. The first kappa shape index (κ1) is 18.7. The Labute approximate surface area is 145 Å². The molecule has 5 nitrogen and oxygen atoms in total. The van der Waals surface area contributed by atoms with Crippen molar-refractivity contribution < 1.29 is 22.9 Å². The molecule has 132 valence electrons. The van der Waals surface area contributed by atoms with E-state index in [-0.39, 0.29) is 17.9 Å². The minimum absolute atomic E-state index is 0.0223. The van der Waals surface area contributed by atoms with Crippen molar-refractivity contribution in [2.75, 3.05) is 5.32 Å². The third kappa shape index (κ3) is 4.69. The lowest BCUT2D eigenvalue weighted by molar-refractivity contribution is -0.385. The van der Waals surface area contributed by atoms with Gasteiger partial charge in [0.2, 0.25) is 5.91 Å². The number of benzene rings is 2. The summed E-state index contributed by atoms with van der Waals surface area (Å²) < 4.78 is 38.6. The van der Waals surface area contributed by atoms with Gasteiger partial charge in [0.1, 0.15) is 0 Å². The molecule has 0 saturated heterocycles. The van der Waals surface area contributed by atoms with Gasteiger partial charge >= 0.3 is 6.18 Å². The van der Waals surface area contributed by atoms with Crippen LogP contribution in [0.2, 0.25) is 5.02 Å². The maximum Gasteiger partial charge on any atom is 0.418 e. The molecule has 0 fully saturated rings. The molecule has 0 unspecified atom stereocenters. The number of hydrogen-bond acceptors (Lipinski definition) is 3. The van der Waals surface area contributed by atoms with Crippen LogP contribution >= 0.6 is 11.6 Å². The van der Waals surface area contributed by atoms with Crippen LogP contribution in [-0.2, 0) is 17.4 Å². The van der Waals surface area contributed by atoms with Gasteiger partial charge < -0.3 is 5.32 Å². The monoisotopic (exact) mass is 372 g/mol. The van der Waals surface area contributed by atoms with Crippen LogP contribution in [0.5, 0.6) is 0 Å². The molecule has 25 heavy (non-hydrogen) atoms. The second kappa shape index (κ2) is 7.10. The van der Waals surface area contributed by atoms with Gasteiger partial charge in [0.05, 0.1) is 15.5 Å². The molecule has 0 aliphatic carbocycles. The van der Waals surface area contributed by atoms with Crippen molar-refractivity contribution in [3.8, 4) is 0 Å². The number of hydrogen-bond donors (Lipinski definition) is 1. The zero-order valence-corrected chi connectivity index (χ0v) is 13.6. The lowest BCUT2D eigenvalue weighted by Gasteiger charge is -2.11. The van der Waals surface area contributed by atoms with Gasteiger partial charge in [0, 0.05) is 30.7 Å². The summed E-state index contributed by atoms with van der Waals surface area (Å²) in [4.78, 5) is 21.2. The van der Waals surface area contributed by atoms with Crippen LogP contribution < -0.4 is 5.32 Å². The Morgan fingerprint density at radius 2 is 1.84 bits per heavy atom. The van der Waals surface area contributed by atoms with E-state index in [9.17, 15) is 28.1 Å². The average molecular weight is 373 g/mol. The van der Waals surface area contributed by atoms with Gasteiger partial charge in [0.25, 0.3) is 5.69 Å². The van der Waals surface area contributed by atoms with E-state index in [1.165, 1.54) is 6.92 Å². The van der Waals surface area contributed by atoms with E-state index >= 15 is 0 Å². The fraction of sp³-hybridized carbons (Fsp3) is 0.188. The molecule has 9 heteroatoms. The Bertz CT molecular complexity index is 821. The van der Waals surface area contributed by atoms with Gasteiger partial charge in [-0.1, -0.05) is 23.7 Å². The summed E-state index contributed by atoms with van der Waals surface area (Å²) in [7, 11) is 0. The van der Waals surface area contributed by atoms with Gasteiger partial charge in [-0.2, -0.15) is 13.2 Å². The minimum atomic E-state index is -4.78. The van der Waals surface area contributed by atoms with Crippen molar-refractivity contribution >= 4 is 28.9 Å². The highest BCUT2D eigenvalue weighted by Gasteiger charge is 2.36. The summed E-state index contributed by atoms with van der Waals surface area (Å²) in [6, 6.07) is 7.82. The van der Waals surface area contributed by atoms with E-state index in [1.807, 2.05) is 0 Å². The van der Waals surface area contributed by atoms with Crippen molar-refractivity contribution in [3.63, 3.8) is 0 Å². The Kier molecular flexibility index (Phi) is 5.32. The summed E-state index contributed by atoms with van der Waals surface area (Å²) in [5, 5.41) is 13.1. The summed E-state index contributed by atoms with van der Waals surface area (Å²) in [5.41, 5.74) is -0.673. The molecule has 0 saturated carbocycles. The number of nitrogens with one attached hydrogen (secondary N) is 1. The average Bonchev–Trinajstić information content (AvgIpc) is 2.47. The molecule has 1 amide bonds. The third-order valence-corrected chi connectivity index (χ3v) is 3.65. The lowest BCUT2D eigenvalue weighted by Crippen LogP contribution is -2.08. The summed E-state index contributed by atoms with van der Waals surface area (Å²) in [6.45, 7) is 1.35. The first-order valence-corrected chi connectivity index (χ1v) is 7.36. The molecule has 1 N–H and O–H groups in total. The Morgan fingerprint density at radius 1 is 1.24 bits per heavy atom. The number of carbonyl (C=O) groups excluding carboxylic acids is 1. The van der Waals surface area contributed by atoms with Crippen molar-refractivity contribution in [1.29, 1.82) is 0 Å². The van der Waals surface area contributed by atoms with Gasteiger partial charge in [-0.05, 0) is 23.8 Å². The summed E-state index contributed by atoms with van der Waals surface area (Å²) in [6.07, 6.45) is -4.76. The highest BCUT2D eigenvalue weighted by atomic mass is 35.5. The van der Waals surface area contributed by atoms with Crippen LogP contribution in [0.15, 0.2) is 36.4 Å². The molecule has 2 aromatic rings. The van der Waals surface area contributed by atoms with Gasteiger partial charge in [-0.15, -0.1) is 0 Å². The van der Waals surface area contributed by atoms with Crippen LogP contribution in [0.4, 0.5) is 24.5 Å². The molecule has 0 atom stereocenters. The topological polar surface area (TPSA) is 72.2 Å². The number of nitro groups is 1. The van der Waals surface area contributed by atoms with Crippen molar-refractivity contribution in [2.24, 2.45) is 0 Å². The van der Waals surface area contributed by atoms with Crippen LogP contribution in [-0.4, -0.2) is 10.8 Å². The highest BCUT2D eigenvalue weighted by Crippen LogP contribution is 2.39. The number of carbonyl (C=O) groups is 1. The van der Waals surface area contributed by atoms with E-state index in [0.29, 0.717) is 17.3 Å². The quantitative estimate of drug-likeness (QED) is 0.618. The van der Waals surface area contributed by atoms with Crippen LogP contribution in [0, 0.1) is 10.1 Å². The number of anilines is 1. The Hall–Kier alpha value is -2.61. The second-order valence-corrected chi connectivity index (χ2v) is 5.68. The second-order valence-electron chi connectivity index (χ2n) is 5.27. The van der Waals surface area contributed by atoms with Crippen molar-refractivity contribution in [1.82, 2.24) is 0 Å². The SMILES string of the molecule is CC(=O)Nc1ccc(Cc2cc(Cl)c(C(F)(F)F)cc2[N+](=O)[O-])cc1. The maximum absolute atomic E-state index is 12.9. The van der Waals surface area contributed by atoms with E-state index in [1.54, 1.807) is 24.3 Å². The third-order valence-electron chi connectivity index (χ3n) is 3.34. The fourth-order valence-corrected chi connectivity index (χ4v) is 2.55. The molecule has 0 radical (unpaired) electrons. The predicted molar refractivity (Wildman–Crippen MR) is 86.7 cm³/mol. The first-order chi connectivity index (χ1) is 11.6. The fourth-order valence-electron chi connectivity index (χ4n) is 2.26. The predicted octanol–water partition coefficient (Wildman–Crippen LogP) is 4.82. The van der Waals surface area contributed by atoms with Crippen molar-refractivity contribution in [3.05, 3.63) is 68.2 Å². The number of halogens is 4. The molecular weight excluding hydrogens is 361 g/mol. The molecule has 2 aromatic carbocycles. The molecule has 0 bridgehead atoms. The van der Waals surface area contributed by atoms with Gasteiger partial charge in [-0.25, -0.2) is 0 Å². The minimum Gasteiger partial charge on any atom is -0.326 e. The van der Waals surface area contributed by atoms with Crippen LogP contribution in [0.25, 0.3) is 0 Å². The molecule has 0 spiro atoms. The van der Waals surface area contributed by atoms with Gasteiger partial charge in [0.15, 0.2) is 0 Å². The lowest BCUT2D eigenvalue weighted by atomic mass is 10.0. The molecule has 2 rings (SSSR count). The largest absolute Gasteiger partial charge is 0.418 e. The molecule has 0 aliphatic rings. The van der Waals surface area contributed by atoms with E-state index < -0.39 is 27.4 Å². The standard InChI is InChI=1S/C16H12ClF3N2O3/c1-9(23)21-12-4-2-10(3-5-12)6-11-7-14(17)13(16(18,19)20)8-15(11)22(24)25/h2-5,7-8H,6H2,1H3,(H,21,23). The highest BCUT2D eigenvalue weighted by molar-refractivity contribution is 6.31. The summed E-state index contributed by atoms with van der Waals surface area (Å²) >= 11 is 5.65. The van der Waals surface area contributed by atoms with Crippen LogP contribution in [0.1, 0.15) is 23.6 Å². The molecule has 0 aliphatic heterocycles. The van der Waals surface area contributed by atoms with E-state index in [2.05, 4.69) is 5.32 Å². The maximum atomic E-state index is 12.9. The number of alkyl halides is 3. The van der Waals surface area contributed by atoms with E-state index in [0.717, 1.165) is 6.07 Å². The van der Waals surface area contributed by atoms with E-state index in [4.69, 9.17) is 11.6 Å². The first-order valence-electron chi connectivity index (χ1n) is 6.98. The van der Waals surface area contributed by atoms with Crippen molar-refractivity contribution in [2.45, 2.75) is 19.5 Å². The smallest absolute Gasteiger partial charge is 0.326 e. The Morgan fingerprint density at radius 3 is 2.32 bits per heavy atom. The zero-order chi connectivity index (χ0) is 18.8. The molecule has 0 aromatic heterocycles. The number of rotatable bonds is 4. The number of nitrogens with zero attached hydrogens (tertiary/aromatic N) is 1. The number of amides is 1.